The molecule has 2 aliphatic rings. The number of hydrogen-bond acceptors (Lipinski definition) is 3. The summed E-state index contributed by atoms with van der Waals surface area (Å²) in [6.07, 6.45) is 1.17. The van der Waals surface area contributed by atoms with Crippen molar-refractivity contribution in [2.75, 3.05) is 20.2 Å². The van der Waals surface area contributed by atoms with Gasteiger partial charge in [0.25, 0.3) is 5.56 Å². The quantitative estimate of drug-likeness (QED) is 0.752. The van der Waals surface area contributed by atoms with E-state index in [0.717, 1.165) is 31.1 Å². The number of nitrogens with zero attached hydrogens (tertiary/aromatic N) is 1. The first-order valence-electron chi connectivity index (χ1n) is 5.78. The third-order valence-corrected chi connectivity index (χ3v) is 3.68. The second-order valence-corrected chi connectivity index (χ2v) is 4.69. The Bertz CT molecular complexity index is 467. The molecule has 3 rings (SSSR count). The van der Waals surface area contributed by atoms with Crippen molar-refractivity contribution < 1.29 is 4.74 Å². The van der Waals surface area contributed by atoms with Gasteiger partial charge in [-0.1, -0.05) is 0 Å². The molecule has 1 aromatic rings. The van der Waals surface area contributed by atoms with Crippen LogP contribution in [-0.4, -0.2) is 24.8 Å². The minimum atomic E-state index is 0.104. The second-order valence-electron chi connectivity index (χ2n) is 4.69. The molecule has 0 saturated carbocycles. The lowest BCUT2D eigenvalue weighted by atomic mass is 9.84. The normalized spacial score (nSPS) is 27.3. The Morgan fingerprint density at radius 3 is 3.12 bits per heavy atom. The number of pyridine rings is 1. The van der Waals surface area contributed by atoms with Crippen LogP contribution in [0.15, 0.2) is 16.9 Å². The van der Waals surface area contributed by atoms with E-state index in [-0.39, 0.29) is 5.56 Å². The van der Waals surface area contributed by atoms with Gasteiger partial charge in [-0.3, -0.25) is 4.79 Å². The molecular weight excluding hydrogens is 204 g/mol. The van der Waals surface area contributed by atoms with Crippen molar-refractivity contribution in [3.63, 3.8) is 0 Å². The Hall–Kier alpha value is -1.29. The van der Waals surface area contributed by atoms with E-state index >= 15 is 0 Å². The molecule has 4 nitrogen and oxygen atoms in total. The summed E-state index contributed by atoms with van der Waals surface area (Å²) in [6, 6.07) is 3.40. The fourth-order valence-electron chi connectivity index (χ4n) is 2.99. The average molecular weight is 220 g/mol. The highest BCUT2D eigenvalue weighted by molar-refractivity contribution is 5.33. The maximum atomic E-state index is 11.9. The number of rotatable bonds is 1. The lowest BCUT2D eigenvalue weighted by molar-refractivity contribution is 0.247. The maximum absolute atomic E-state index is 11.9. The van der Waals surface area contributed by atoms with Crippen molar-refractivity contribution >= 4 is 0 Å². The third kappa shape index (κ3) is 1.37. The summed E-state index contributed by atoms with van der Waals surface area (Å²) in [6.45, 7) is 2.81. The molecule has 1 saturated heterocycles. The Morgan fingerprint density at radius 1 is 1.44 bits per heavy atom. The Morgan fingerprint density at radius 2 is 2.31 bits per heavy atom. The van der Waals surface area contributed by atoms with Gasteiger partial charge in [0.15, 0.2) is 0 Å². The highest BCUT2D eigenvalue weighted by Crippen LogP contribution is 2.36. The van der Waals surface area contributed by atoms with Crippen molar-refractivity contribution in [3.8, 4) is 5.75 Å². The molecule has 0 spiro atoms. The van der Waals surface area contributed by atoms with Gasteiger partial charge in [-0.05, 0) is 24.9 Å². The smallest absolute Gasteiger partial charge is 0.250 e. The van der Waals surface area contributed by atoms with Crippen LogP contribution in [-0.2, 0) is 6.54 Å². The van der Waals surface area contributed by atoms with E-state index in [1.54, 1.807) is 19.2 Å². The average Bonchev–Trinajstić information content (AvgIpc) is 2.31. The topological polar surface area (TPSA) is 43.3 Å². The first-order valence-corrected chi connectivity index (χ1v) is 5.78. The van der Waals surface area contributed by atoms with Crippen LogP contribution in [0.1, 0.15) is 18.0 Å². The molecular formula is C12H16N2O2. The summed E-state index contributed by atoms with van der Waals surface area (Å²) in [5, 5.41) is 3.43. The molecule has 2 aliphatic heterocycles. The second kappa shape index (κ2) is 3.63. The van der Waals surface area contributed by atoms with E-state index < -0.39 is 0 Å². The summed E-state index contributed by atoms with van der Waals surface area (Å²) in [5.74, 6) is 1.87. The monoisotopic (exact) mass is 220 g/mol. The zero-order chi connectivity index (χ0) is 11.1. The lowest BCUT2D eigenvalue weighted by Crippen LogP contribution is -2.44. The molecule has 16 heavy (non-hydrogen) atoms. The van der Waals surface area contributed by atoms with Gasteiger partial charge in [0.05, 0.1) is 12.8 Å². The minimum Gasteiger partial charge on any atom is -0.495 e. The summed E-state index contributed by atoms with van der Waals surface area (Å²) in [4.78, 5) is 11.9. The number of fused-ring (bicyclic) bond motifs is 4. The largest absolute Gasteiger partial charge is 0.495 e. The predicted octanol–water partition coefficient (Wildman–Crippen LogP) is 0.564. The van der Waals surface area contributed by atoms with Crippen molar-refractivity contribution in [1.82, 2.24) is 9.88 Å². The molecule has 0 radical (unpaired) electrons. The molecule has 1 N–H and O–H groups in total. The molecule has 0 aromatic carbocycles. The number of aromatic nitrogens is 1. The van der Waals surface area contributed by atoms with Gasteiger partial charge < -0.3 is 14.6 Å². The van der Waals surface area contributed by atoms with Crippen LogP contribution < -0.4 is 15.6 Å². The van der Waals surface area contributed by atoms with Gasteiger partial charge in [-0.25, -0.2) is 0 Å². The van der Waals surface area contributed by atoms with E-state index in [0.29, 0.717) is 11.8 Å². The van der Waals surface area contributed by atoms with Gasteiger partial charge in [-0.15, -0.1) is 0 Å². The molecule has 4 heteroatoms. The van der Waals surface area contributed by atoms with Gasteiger partial charge in [-0.2, -0.15) is 0 Å². The van der Waals surface area contributed by atoms with E-state index in [9.17, 15) is 4.79 Å². The lowest BCUT2D eigenvalue weighted by Gasteiger charge is -2.38. The van der Waals surface area contributed by atoms with Crippen LogP contribution in [0.5, 0.6) is 5.75 Å². The third-order valence-electron chi connectivity index (χ3n) is 3.68. The summed E-state index contributed by atoms with van der Waals surface area (Å²) in [5.41, 5.74) is 1.19. The molecule has 0 aliphatic carbocycles. The van der Waals surface area contributed by atoms with Crippen molar-refractivity contribution in [2.24, 2.45) is 5.92 Å². The number of piperidine rings is 1. The molecule has 86 valence electrons. The maximum Gasteiger partial charge on any atom is 0.250 e. The van der Waals surface area contributed by atoms with E-state index in [1.165, 1.54) is 6.42 Å². The summed E-state index contributed by atoms with van der Waals surface area (Å²) in [7, 11) is 1.67. The van der Waals surface area contributed by atoms with Crippen LogP contribution in [0.4, 0.5) is 0 Å². The zero-order valence-electron chi connectivity index (χ0n) is 9.40. The van der Waals surface area contributed by atoms with Crippen LogP contribution in [0.3, 0.4) is 0 Å². The van der Waals surface area contributed by atoms with Crippen LogP contribution >= 0.6 is 0 Å². The van der Waals surface area contributed by atoms with Gasteiger partial charge in [0, 0.05) is 25.1 Å². The van der Waals surface area contributed by atoms with Crippen LogP contribution in [0.2, 0.25) is 0 Å². The van der Waals surface area contributed by atoms with E-state index in [1.807, 2.05) is 4.57 Å². The van der Waals surface area contributed by atoms with E-state index in [4.69, 9.17) is 4.74 Å². The van der Waals surface area contributed by atoms with Gasteiger partial charge >= 0.3 is 0 Å². The molecule has 1 aromatic heterocycles. The predicted molar refractivity (Wildman–Crippen MR) is 61.0 cm³/mol. The fraction of sp³-hybridized carbons (Fsp3) is 0.583. The molecule has 0 amide bonds. The minimum absolute atomic E-state index is 0.104. The summed E-state index contributed by atoms with van der Waals surface area (Å²) < 4.78 is 7.27. The standard InChI is InChI=1S/C12H16N2O2/c1-16-10-2-3-11(15)14-7-8-4-9(12(10)14)6-13-5-8/h2-3,8-9,13H,4-7H2,1H3/t8-,9+/m0/s1. The first-order chi connectivity index (χ1) is 7.79. The highest BCUT2D eigenvalue weighted by Gasteiger charge is 2.32. The Balaban J connectivity index is 2.18. The molecule has 0 unspecified atom stereocenters. The van der Waals surface area contributed by atoms with Crippen molar-refractivity contribution in [1.29, 1.82) is 0 Å². The SMILES string of the molecule is COc1ccc(=O)n2c1[C@H]1CNC[C@H](C1)C2. The van der Waals surface area contributed by atoms with E-state index in [2.05, 4.69) is 5.32 Å². The molecule has 2 bridgehead atoms. The van der Waals surface area contributed by atoms with Gasteiger partial charge in [0.1, 0.15) is 5.75 Å². The van der Waals surface area contributed by atoms with Crippen molar-refractivity contribution in [3.05, 3.63) is 28.2 Å². The number of methoxy groups -OCH3 is 1. The van der Waals surface area contributed by atoms with Crippen LogP contribution in [0, 0.1) is 5.92 Å². The number of hydrogen-bond donors (Lipinski definition) is 1. The number of nitrogens with one attached hydrogen (secondary N) is 1. The Kier molecular flexibility index (Phi) is 2.24. The summed E-state index contributed by atoms with van der Waals surface area (Å²) >= 11 is 0. The zero-order valence-corrected chi connectivity index (χ0v) is 9.40. The fourth-order valence-corrected chi connectivity index (χ4v) is 2.99. The van der Waals surface area contributed by atoms with Gasteiger partial charge in [0.2, 0.25) is 0 Å². The number of ether oxygens (including phenoxy) is 1. The molecule has 3 heterocycles. The Labute approximate surface area is 94.2 Å². The first kappa shape index (κ1) is 9.90. The van der Waals surface area contributed by atoms with Crippen LogP contribution in [0.25, 0.3) is 0 Å². The molecule has 2 atom stereocenters. The van der Waals surface area contributed by atoms with Crippen molar-refractivity contribution in [2.45, 2.75) is 18.9 Å². The highest BCUT2D eigenvalue weighted by atomic mass is 16.5. The molecule has 1 fully saturated rings.